The van der Waals surface area contributed by atoms with Crippen molar-refractivity contribution in [3.8, 4) is 5.75 Å². The zero-order valence-electron chi connectivity index (χ0n) is 19.1. The molecular formula is C27H25ClN2O4S. The molecule has 0 fully saturated rings. The van der Waals surface area contributed by atoms with E-state index in [0.29, 0.717) is 10.7 Å². The Labute approximate surface area is 210 Å². The number of benzene rings is 4. The normalized spacial score (nSPS) is 11.3. The number of sulfonamides is 1. The second kappa shape index (κ2) is 10.8. The molecule has 0 spiro atoms. The fraction of sp³-hybridized carbons (Fsp3) is 0.148. The largest absolute Gasteiger partial charge is 0.491 e. The van der Waals surface area contributed by atoms with E-state index in [1.807, 2.05) is 49.4 Å². The van der Waals surface area contributed by atoms with Crippen molar-refractivity contribution in [3.05, 3.63) is 102 Å². The molecule has 0 atom stereocenters. The number of carbonyl (C=O) groups is 1. The fourth-order valence-corrected chi connectivity index (χ4v) is 5.17. The highest BCUT2D eigenvalue weighted by Gasteiger charge is 2.27. The lowest BCUT2D eigenvalue weighted by Gasteiger charge is -2.24. The van der Waals surface area contributed by atoms with Crippen LogP contribution in [-0.4, -0.2) is 34.0 Å². The molecule has 0 aliphatic rings. The van der Waals surface area contributed by atoms with Crippen LogP contribution in [0.2, 0.25) is 5.02 Å². The highest BCUT2D eigenvalue weighted by molar-refractivity contribution is 7.92. The summed E-state index contributed by atoms with van der Waals surface area (Å²) in [6, 6.07) is 26.5. The summed E-state index contributed by atoms with van der Waals surface area (Å²) in [4.78, 5) is 12.8. The lowest BCUT2D eigenvalue weighted by atomic mass is 10.1. The minimum Gasteiger partial charge on any atom is -0.491 e. The zero-order chi connectivity index (χ0) is 24.8. The number of carbonyl (C=O) groups excluding carboxylic acids is 1. The van der Waals surface area contributed by atoms with Crippen LogP contribution >= 0.6 is 11.6 Å². The van der Waals surface area contributed by atoms with Crippen molar-refractivity contribution < 1.29 is 17.9 Å². The van der Waals surface area contributed by atoms with Gasteiger partial charge >= 0.3 is 0 Å². The molecule has 0 aliphatic heterocycles. The number of halogens is 1. The molecule has 8 heteroatoms. The van der Waals surface area contributed by atoms with Crippen LogP contribution in [-0.2, 0) is 14.8 Å². The smallest absolute Gasteiger partial charge is 0.264 e. The lowest BCUT2D eigenvalue weighted by molar-refractivity contribution is -0.119. The van der Waals surface area contributed by atoms with E-state index in [-0.39, 0.29) is 24.6 Å². The maximum atomic E-state index is 13.4. The van der Waals surface area contributed by atoms with Crippen LogP contribution in [0.1, 0.15) is 5.56 Å². The first-order chi connectivity index (χ1) is 16.8. The van der Waals surface area contributed by atoms with Crippen molar-refractivity contribution in [3.63, 3.8) is 0 Å². The van der Waals surface area contributed by atoms with Gasteiger partial charge in [0.25, 0.3) is 10.0 Å². The average molecular weight is 509 g/mol. The second-order valence-corrected chi connectivity index (χ2v) is 10.3. The summed E-state index contributed by atoms with van der Waals surface area (Å²) in [5, 5.41) is 5.23. The second-order valence-electron chi connectivity index (χ2n) is 7.98. The van der Waals surface area contributed by atoms with Crippen molar-refractivity contribution >= 4 is 44.0 Å². The Hall–Kier alpha value is -3.55. The third kappa shape index (κ3) is 5.93. The lowest BCUT2D eigenvalue weighted by Crippen LogP contribution is -2.41. The van der Waals surface area contributed by atoms with Gasteiger partial charge in [-0.2, -0.15) is 0 Å². The number of fused-ring (bicyclic) bond motifs is 1. The molecule has 0 unspecified atom stereocenters. The molecule has 0 saturated heterocycles. The van der Waals surface area contributed by atoms with Gasteiger partial charge in [0.1, 0.15) is 18.9 Å². The summed E-state index contributed by atoms with van der Waals surface area (Å²) < 4.78 is 33.7. The van der Waals surface area contributed by atoms with E-state index in [1.165, 1.54) is 24.3 Å². The van der Waals surface area contributed by atoms with E-state index in [1.54, 1.807) is 24.3 Å². The molecule has 0 radical (unpaired) electrons. The fourth-order valence-electron chi connectivity index (χ4n) is 3.62. The van der Waals surface area contributed by atoms with Crippen LogP contribution in [0.3, 0.4) is 0 Å². The summed E-state index contributed by atoms with van der Waals surface area (Å²) in [5.41, 5.74) is 1.38. The number of hydrogen-bond donors (Lipinski definition) is 1. The van der Waals surface area contributed by atoms with Gasteiger partial charge in [-0.15, -0.1) is 0 Å². The number of anilines is 1. The maximum Gasteiger partial charge on any atom is 0.264 e. The average Bonchev–Trinajstić information content (AvgIpc) is 2.86. The van der Waals surface area contributed by atoms with Gasteiger partial charge in [0.2, 0.25) is 5.91 Å². The number of ether oxygens (including phenoxy) is 1. The van der Waals surface area contributed by atoms with Crippen molar-refractivity contribution in [2.24, 2.45) is 0 Å². The van der Waals surface area contributed by atoms with E-state index in [9.17, 15) is 13.2 Å². The quantitative estimate of drug-likeness (QED) is 0.316. The predicted octanol–water partition coefficient (Wildman–Crippen LogP) is 5.19. The summed E-state index contributed by atoms with van der Waals surface area (Å²) in [7, 11) is -3.99. The topological polar surface area (TPSA) is 75.7 Å². The van der Waals surface area contributed by atoms with Gasteiger partial charge in [-0.3, -0.25) is 9.10 Å². The van der Waals surface area contributed by atoms with E-state index in [2.05, 4.69) is 5.32 Å². The molecule has 0 aromatic heterocycles. The number of nitrogens with zero attached hydrogens (tertiary/aromatic N) is 1. The van der Waals surface area contributed by atoms with Crippen LogP contribution in [0.15, 0.2) is 95.9 Å². The van der Waals surface area contributed by atoms with E-state index in [0.717, 1.165) is 26.4 Å². The van der Waals surface area contributed by atoms with Gasteiger partial charge in [0.15, 0.2) is 0 Å². The molecule has 4 rings (SSSR count). The molecule has 4 aromatic carbocycles. The first-order valence-corrected chi connectivity index (χ1v) is 12.9. The standard InChI is InChI=1S/C27H25ClN2O4S/c1-20-9-13-23(14-10-20)30(35(32,33)24-15-11-22(28)12-16-24)19-27(31)29-17-18-34-26-8-4-6-21-5-2-3-7-25(21)26/h2-16H,17-19H2,1H3,(H,29,31). The minimum absolute atomic E-state index is 0.0505. The highest BCUT2D eigenvalue weighted by Crippen LogP contribution is 2.26. The molecule has 6 nitrogen and oxygen atoms in total. The van der Waals surface area contributed by atoms with Crippen molar-refractivity contribution in [1.29, 1.82) is 0 Å². The van der Waals surface area contributed by atoms with Gasteiger partial charge in [-0.05, 0) is 54.8 Å². The highest BCUT2D eigenvalue weighted by atomic mass is 35.5. The van der Waals surface area contributed by atoms with E-state index >= 15 is 0 Å². The Kier molecular flexibility index (Phi) is 7.58. The van der Waals surface area contributed by atoms with E-state index in [4.69, 9.17) is 16.3 Å². The molecule has 180 valence electrons. The first-order valence-electron chi connectivity index (χ1n) is 11.1. The minimum atomic E-state index is -3.99. The van der Waals surface area contributed by atoms with Crippen molar-refractivity contribution in [2.45, 2.75) is 11.8 Å². The Bertz CT molecular complexity index is 1420. The third-order valence-corrected chi connectivity index (χ3v) is 7.48. The number of aryl methyl sites for hydroxylation is 1. The van der Waals surface area contributed by atoms with Crippen LogP contribution in [0, 0.1) is 6.92 Å². The maximum absolute atomic E-state index is 13.4. The van der Waals surface area contributed by atoms with Crippen LogP contribution in [0.5, 0.6) is 5.75 Å². The number of rotatable bonds is 9. The Morgan fingerprint density at radius 1 is 0.914 bits per heavy atom. The monoisotopic (exact) mass is 508 g/mol. The summed E-state index contributed by atoms with van der Waals surface area (Å²) >= 11 is 5.92. The Morgan fingerprint density at radius 2 is 1.60 bits per heavy atom. The molecule has 35 heavy (non-hydrogen) atoms. The Balaban J connectivity index is 1.44. The van der Waals surface area contributed by atoms with Crippen molar-refractivity contribution in [2.75, 3.05) is 24.0 Å². The molecule has 0 heterocycles. The Morgan fingerprint density at radius 3 is 2.34 bits per heavy atom. The predicted molar refractivity (Wildman–Crippen MR) is 140 cm³/mol. The van der Waals surface area contributed by atoms with Gasteiger partial charge in [-0.25, -0.2) is 8.42 Å². The van der Waals surface area contributed by atoms with E-state index < -0.39 is 15.9 Å². The summed E-state index contributed by atoms with van der Waals surface area (Å²) in [5.74, 6) is 0.286. The van der Waals surface area contributed by atoms with Gasteiger partial charge in [0.05, 0.1) is 17.1 Å². The van der Waals surface area contributed by atoms with Gasteiger partial charge in [-0.1, -0.05) is 65.7 Å². The molecular weight excluding hydrogens is 484 g/mol. The third-order valence-electron chi connectivity index (χ3n) is 5.44. The van der Waals surface area contributed by atoms with Crippen LogP contribution in [0.25, 0.3) is 10.8 Å². The summed E-state index contributed by atoms with van der Waals surface area (Å²) in [6.45, 7) is 2.01. The van der Waals surface area contributed by atoms with Crippen LogP contribution in [0.4, 0.5) is 5.69 Å². The zero-order valence-corrected chi connectivity index (χ0v) is 20.7. The van der Waals surface area contributed by atoms with Gasteiger partial charge < -0.3 is 10.1 Å². The number of amides is 1. The molecule has 4 aromatic rings. The van der Waals surface area contributed by atoms with Gasteiger partial charge in [0, 0.05) is 10.4 Å². The molecule has 0 saturated carbocycles. The SMILES string of the molecule is Cc1ccc(N(CC(=O)NCCOc2cccc3ccccc23)S(=O)(=O)c2ccc(Cl)cc2)cc1. The number of nitrogens with one attached hydrogen (secondary N) is 1. The molecule has 0 bridgehead atoms. The van der Waals surface area contributed by atoms with Crippen molar-refractivity contribution in [1.82, 2.24) is 5.32 Å². The number of hydrogen-bond acceptors (Lipinski definition) is 4. The molecule has 1 amide bonds. The first kappa shape index (κ1) is 24.6. The molecule has 0 aliphatic carbocycles. The molecule has 1 N–H and O–H groups in total. The summed E-state index contributed by atoms with van der Waals surface area (Å²) in [6.07, 6.45) is 0. The van der Waals surface area contributed by atoms with Crippen LogP contribution < -0.4 is 14.4 Å².